The Morgan fingerprint density at radius 2 is 1.79 bits per heavy atom. The van der Waals surface area contributed by atoms with E-state index in [1.165, 1.54) is 11.1 Å². The summed E-state index contributed by atoms with van der Waals surface area (Å²) in [6.45, 7) is 3.52. The molecule has 1 aromatic heterocycles. The number of anilines is 1. The number of carbonyl (C=O) groups is 1. The van der Waals surface area contributed by atoms with E-state index in [-0.39, 0.29) is 5.91 Å². The zero-order valence-electron chi connectivity index (χ0n) is 16.6. The van der Waals surface area contributed by atoms with Crippen molar-refractivity contribution in [1.82, 2.24) is 9.88 Å². The highest BCUT2D eigenvalue weighted by Gasteiger charge is 2.12. The molecule has 0 saturated carbocycles. The molecule has 0 radical (unpaired) electrons. The minimum atomic E-state index is 0.0462. The van der Waals surface area contributed by atoms with Crippen molar-refractivity contribution in [2.24, 2.45) is 0 Å². The van der Waals surface area contributed by atoms with Gasteiger partial charge in [0, 0.05) is 43.8 Å². The molecule has 0 aliphatic heterocycles. The van der Waals surface area contributed by atoms with Gasteiger partial charge in [-0.3, -0.25) is 9.78 Å². The van der Waals surface area contributed by atoms with E-state index in [1.807, 2.05) is 43.4 Å². The molecular formula is C24H27N3O. The number of aryl methyl sites for hydroxylation is 1. The Kier molecular flexibility index (Phi) is 6.79. The fourth-order valence-corrected chi connectivity index (χ4v) is 3.18. The average molecular weight is 374 g/mol. The van der Waals surface area contributed by atoms with Gasteiger partial charge in [0.25, 0.3) is 5.91 Å². The van der Waals surface area contributed by atoms with E-state index in [0.717, 1.165) is 29.7 Å². The van der Waals surface area contributed by atoms with Crippen LogP contribution < -0.4 is 5.32 Å². The summed E-state index contributed by atoms with van der Waals surface area (Å²) in [7, 11) is 1.85. The zero-order valence-corrected chi connectivity index (χ0v) is 16.6. The van der Waals surface area contributed by atoms with Crippen LogP contribution in [-0.4, -0.2) is 29.4 Å². The van der Waals surface area contributed by atoms with E-state index in [9.17, 15) is 4.79 Å². The van der Waals surface area contributed by atoms with E-state index < -0.39 is 0 Å². The van der Waals surface area contributed by atoms with E-state index >= 15 is 0 Å². The van der Waals surface area contributed by atoms with Gasteiger partial charge < -0.3 is 10.2 Å². The number of benzene rings is 2. The number of pyridine rings is 1. The maximum Gasteiger partial charge on any atom is 0.253 e. The number of likely N-dealkylation sites (N-methyl/N-ethyl adjacent to an activating group) is 1. The Balaban J connectivity index is 1.61. The van der Waals surface area contributed by atoms with E-state index in [1.54, 1.807) is 17.3 Å². The molecule has 144 valence electrons. The van der Waals surface area contributed by atoms with Crippen molar-refractivity contribution in [2.45, 2.75) is 26.3 Å². The van der Waals surface area contributed by atoms with Crippen LogP contribution in [0.25, 0.3) is 0 Å². The van der Waals surface area contributed by atoms with Gasteiger partial charge >= 0.3 is 0 Å². The van der Waals surface area contributed by atoms with Crippen molar-refractivity contribution in [3.63, 3.8) is 0 Å². The molecule has 28 heavy (non-hydrogen) atoms. The third-order valence-corrected chi connectivity index (χ3v) is 4.89. The lowest BCUT2D eigenvalue weighted by atomic mass is 10.1. The Labute approximate surface area is 167 Å². The monoisotopic (exact) mass is 373 g/mol. The summed E-state index contributed by atoms with van der Waals surface area (Å²) < 4.78 is 0. The largest absolute Gasteiger partial charge is 0.381 e. The summed E-state index contributed by atoms with van der Waals surface area (Å²) in [5.41, 5.74) is 5.45. The van der Waals surface area contributed by atoms with Crippen LogP contribution in [-0.2, 0) is 19.4 Å². The summed E-state index contributed by atoms with van der Waals surface area (Å²) in [5.74, 6) is 0.0462. The van der Waals surface area contributed by atoms with Crippen LogP contribution >= 0.6 is 0 Å². The summed E-state index contributed by atoms with van der Waals surface area (Å²) in [6.07, 6.45) is 5.37. The average Bonchev–Trinajstić information content (AvgIpc) is 2.76. The van der Waals surface area contributed by atoms with Crippen molar-refractivity contribution in [2.75, 3.05) is 18.9 Å². The number of nitrogens with zero attached hydrogens (tertiary/aromatic N) is 2. The van der Waals surface area contributed by atoms with E-state index in [0.29, 0.717) is 13.1 Å². The van der Waals surface area contributed by atoms with Crippen LogP contribution in [0.4, 0.5) is 5.69 Å². The molecule has 4 heteroatoms. The molecule has 0 spiro atoms. The minimum absolute atomic E-state index is 0.0462. The van der Waals surface area contributed by atoms with Crippen LogP contribution in [0.15, 0.2) is 73.1 Å². The van der Waals surface area contributed by atoms with Gasteiger partial charge in [0.1, 0.15) is 0 Å². The Morgan fingerprint density at radius 1 is 1.00 bits per heavy atom. The third-order valence-electron chi connectivity index (χ3n) is 4.89. The topological polar surface area (TPSA) is 45.2 Å². The fraction of sp³-hybridized carbons (Fsp3) is 0.250. The van der Waals surface area contributed by atoms with Gasteiger partial charge in [0.05, 0.1) is 0 Å². The first kappa shape index (κ1) is 19.6. The lowest BCUT2D eigenvalue weighted by Gasteiger charge is -2.18. The highest BCUT2D eigenvalue weighted by molar-refractivity contribution is 5.94. The van der Waals surface area contributed by atoms with Crippen LogP contribution in [0.2, 0.25) is 0 Å². The smallest absolute Gasteiger partial charge is 0.253 e. The van der Waals surface area contributed by atoms with Gasteiger partial charge in [-0.05, 0) is 59.9 Å². The molecule has 4 nitrogen and oxygen atoms in total. The number of hydrogen-bond acceptors (Lipinski definition) is 3. The molecule has 0 fully saturated rings. The molecule has 0 saturated heterocycles. The predicted molar refractivity (Wildman–Crippen MR) is 114 cm³/mol. The van der Waals surface area contributed by atoms with Gasteiger partial charge in [-0.25, -0.2) is 0 Å². The van der Waals surface area contributed by atoms with Gasteiger partial charge in [-0.15, -0.1) is 0 Å². The van der Waals surface area contributed by atoms with E-state index in [4.69, 9.17) is 0 Å². The molecule has 0 aliphatic rings. The molecular weight excluding hydrogens is 346 g/mol. The number of aromatic nitrogens is 1. The van der Waals surface area contributed by atoms with E-state index in [2.05, 4.69) is 41.5 Å². The molecule has 2 aromatic carbocycles. The van der Waals surface area contributed by atoms with Crippen LogP contribution in [0.3, 0.4) is 0 Å². The first-order valence-electron chi connectivity index (χ1n) is 9.72. The standard InChI is InChI=1S/C24H27N3O/c1-3-21-8-4-5-10-23(21)26-18-20-7-6-9-22(17-20)24(28)27(2)16-13-19-11-14-25-15-12-19/h4-12,14-15,17,26H,3,13,16,18H2,1-2H3. The van der Waals surface area contributed by atoms with Gasteiger partial charge in [0.15, 0.2) is 0 Å². The molecule has 3 aromatic rings. The zero-order chi connectivity index (χ0) is 19.8. The lowest BCUT2D eigenvalue weighted by molar-refractivity contribution is 0.0796. The molecule has 3 rings (SSSR count). The molecule has 0 atom stereocenters. The molecule has 1 heterocycles. The van der Waals surface area contributed by atoms with Crippen molar-refractivity contribution in [1.29, 1.82) is 0 Å². The van der Waals surface area contributed by atoms with Crippen molar-refractivity contribution >= 4 is 11.6 Å². The first-order chi connectivity index (χ1) is 13.7. The minimum Gasteiger partial charge on any atom is -0.381 e. The third kappa shape index (κ3) is 5.19. The van der Waals surface area contributed by atoms with Gasteiger partial charge in [-0.2, -0.15) is 0 Å². The van der Waals surface area contributed by atoms with Crippen molar-refractivity contribution in [3.05, 3.63) is 95.3 Å². The summed E-state index contributed by atoms with van der Waals surface area (Å²) in [5, 5.41) is 3.49. The number of hydrogen-bond donors (Lipinski definition) is 1. The highest BCUT2D eigenvalue weighted by Crippen LogP contribution is 2.17. The SMILES string of the molecule is CCc1ccccc1NCc1cccc(C(=O)N(C)CCc2ccncc2)c1. The molecule has 1 amide bonds. The number of rotatable bonds is 8. The molecule has 1 N–H and O–H groups in total. The van der Waals surface area contributed by atoms with Crippen molar-refractivity contribution in [3.8, 4) is 0 Å². The Morgan fingerprint density at radius 3 is 2.57 bits per heavy atom. The maximum absolute atomic E-state index is 12.8. The normalized spacial score (nSPS) is 10.5. The summed E-state index contributed by atoms with van der Waals surface area (Å²) in [4.78, 5) is 18.6. The fourth-order valence-electron chi connectivity index (χ4n) is 3.18. The maximum atomic E-state index is 12.8. The number of para-hydroxylation sites is 1. The highest BCUT2D eigenvalue weighted by atomic mass is 16.2. The number of amides is 1. The summed E-state index contributed by atoms with van der Waals surface area (Å²) in [6, 6.07) is 20.2. The Hall–Kier alpha value is -3.14. The second-order valence-electron chi connectivity index (χ2n) is 6.90. The van der Waals surface area contributed by atoms with Crippen LogP contribution in [0.1, 0.15) is 34.0 Å². The summed E-state index contributed by atoms with van der Waals surface area (Å²) >= 11 is 0. The van der Waals surface area contributed by atoms with Crippen LogP contribution in [0.5, 0.6) is 0 Å². The number of carbonyl (C=O) groups excluding carboxylic acids is 1. The Bertz CT molecular complexity index is 908. The molecule has 0 bridgehead atoms. The first-order valence-corrected chi connectivity index (χ1v) is 9.72. The van der Waals surface area contributed by atoms with Crippen molar-refractivity contribution < 1.29 is 4.79 Å². The van der Waals surface area contributed by atoms with Gasteiger partial charge in [0.2, 0.25) is 0 Å². The second-order valence-corrected chi connectivity index (χ2v) is 6.90. The predicted octanol–water partition coefficient (Wildman–Crippen LogP) is 4.57. The van der Waals surface area contributed by atoms with Gasteiger partial charge in [-0.1, -0.05) is 37.3 Å². The quantitative estimate of drug-likeness (QED) is 0.629. The number of nitrogens with one attached hydrogen (secondary N) is 1. The molecule has 0 unspecified atom stereocenters. The van der Waals surface area contributed by atoms with Crippen LogP contribution in [0, 0.1) is 0 Å². The lowest BCUT2D eigenvalue weighted by Crippen LogP contribution is -2.29. The second kappa shape index (κ2) is 9.70. The molecule has 0 aliphatic carbocycles.